The van der Waals surface area contributed by atoms with E-state index in [2.05, 4.69) is 33.8 Å². The van der Waals surface area contributed by atoms with Gasteiger partial charge < -0.3 is 9.64 Å². The molecule has 0 spiro atoms. The number of benzene rings is 1. The minimum absolute atomic E-state index is 0.225. The van der Waals surface area contributed by atoms with E-state index in [-0.39, 0.29) is 12.1 Å². The van der Waals surface area contributed by atoms with Gasteiger partial charge in [-0.15, -0.1) is 0 Å². The predicted molar refractivity (Wildman–Crippen MR) is 96.9 cm³/mol. The van der Waals surface area contributed by atoms with Crippen LogP contribution in [0.4, 0.5) is 4.79 Å². The van der Waals surface area contributed by atoms with Crippen LogP contribution in [0.15, 0.2) is 22.7 Å². The van der Waals surface area contributed by atoms with Gasteiger partial charge in [0.25, 0.3) is 0 Å². The summed E-state index contributed by atoms with van der Waals surface area (Å²) in [5.41, 5.74) is 0.735. The summed E-state index contributed by atoms with van der Waals surface area (Å²) in [5, 5.41) is 0.724. The summed E-state index contributed by atoms with van der Waals surface area (Å²) in [6.07, 6.45) is -0.225. The first-order chi connectivity index (χ1) is 10.7. The molecular formula is C17H24BrClN2O2. The van der Waals surface area contributed by atoms with Crippen molar-refractivity contribution in [3.05, 3.63) is 33.3 Å². The first-order valence-corrected chi connectivity index (χ1v) is 9.01. The maximum Gasteiger partial charge on any atom is 0.410 e. The number of ether oxygens (including phenoxy) is 1. The fourth-order valence-electron chi connectivity index (χ4n) is 2.60. The molecule has 0 bridgehead atoms. The van der Waals surface area contributed by atoms with Crippen molar-refractivity contribution in [3.8, 4) is 0 Å². The zero-order valence-electron chi connectivity index (χ0n) is 14.1. The van der Waals surface area contributed by atoms with Gasteiger partial charge in [-0.05, 0) is 61.3 Å². The molecule has 6 heteroatoms. The van der Waals surface area contributed by atoms with Crippen LogP contribution >= 0.6 is 27.5 Å². The van der Waals surface area contributed by atoms with Crippen LogP contribution in [0.5, 0.6) is 0 Å². The molecule has 1 saturated heterocycles. The molecule has 0 N–H and O–H groups in total. The van der Waals surface area contributed by atoms with E-state index in [0.29, 0.717) is 13.1 Å². The van der Waals surface area contributed by atoms with Crippen LogP contribution in [0, 0.1) is 0 Å². The smallest absolute Gasteiger partial charge is 0.410 e. The topological polar surface area (TPSA) is 32.8 Å². The molecule has 0 radical (unpaired) electrons. The average molecular weight is 404 g/mol. The van der Waals surface area contributed by atoms with Gasteiger partial charge in [0.05, 0.1) is 5.02 Å². The third-order valence-corrected chi connectivity index (χ3v) is 5.17. The van der Waals surface area contributed by atoms with Crippen LogP contribution in [-0.2, 0) is 4.74 Å². The fourth-order valence-corrected chi connectivity index (χ4v) is 3.04. The first-order valence-electron chi connectivity index (χ1n) is 7.84. The average Bonchev–Trinajstić information content (AvgIpc) is 2.48. The summed E-state index contributed by atoms with van der Waals surface area (Å²) in [4.78, 5) is 16.2. The Morgan fingerprint density at radius 1 is 1.26 bits per heavy atom. The first kappa shape index (κ1) is 18.6. The highest BCUT2D eigenvalue weighted by molar-refractivity contribution is 9.10. The van der Waals surface area contributed by atoms with Crippen LogP contribution in [-0.4, -0.2) is 47.7 Å². The second-order valence-corrected chi connectivity index (χ2v) is 8.11. The molecule has 1 aromatic carbocycles. The van der Waals surface area contributed by atoms with E-state index in [0.717, 1.165) is 22.6 Å². The maximum atomic E-state index is 12.1. The summed E-state index contributed by atoms with van der Waals surface area (Å²) in [7, 11) is 0. The zero-order valence-corrected chi connectivity index (χ0v) is 16.4. The molecule has 2 rings (SSSR count). The molecule has 1 heterocycles. The molecule has 0 aliphatic carbocycles. The molecule has 1 atom stereocenters. The van der Waals surface area contributed by atoms with Crippen molar-refractivity contribution in [2.75, 3.05) is 26.2 Å². The van der Waals surface area contributed by atoms with Gasteiger partial charge in [0.2, 0.25) is 0 Å². The Morgan fingerprint density at radius 3 is 2.39 bits per heavy atom. The summed E-state index contributed by atoms with van der Waals surface area (Å²) < 4.78 is 6.34. The van der Waals surface area contributed by atoms with E-state index in [1.165, 1.54) is 5.56 Å². The number of amides is 1. The summed E-state index contributed by atoms with van der Waals surface area (Å²) >= 11 is 9.61. The van der Waals surface area contributed by atoms with E-state index in [1.807, 2.05) is 32.9 Å². The number of carbonyl (C=O) groups is 1. The highest BCUT2D eigenvalue weighted by Gasteiger charge is 2.28. The molecule has 1 aliphatic heterocycles. The summed E-state index contributed by atoms with van der Waals surface area (Å²) in [6, 6.07) is 6.32. The Labute approximate surface area is 151 Å². The number of rotatable bonds is 2. The Bertz CT molecular complexity index is 566. The molecular weight excluding hydrogens is 380 g/mol. The molecule has 4 nitrogen and oxygen atoms in total. The third kappa shape index (κ3) is 5.10. The van der Waals surface area contributed by atoms with Gasteiger partial charge in [0, 0.05) is 36.7 Å². The van der Waals surface area contributed by atoms with Crippen LogP contribution in [0.1, 0.15) is 39.3 Å². The summed E-state index contributed by atoms with van der Waals surface area (Å²) in [6.45, 7) is 10.9. The largest absolute Gasteiger partial charge is 0.444 e. The number of hydrogen-bond acceptors (Lipinski definition) is 3. The fraction of sp³-hybridized carbons (Fsp3) is 0.588. The number of nitrogens with zero attached hydrogens (tertiary/aromatic N) is 2. The van der Waals surface area contributed by atoms with Gasteiger partial charge in [0.1, 0.15) is 5.60 Å². The zero-order chi connectivity index (χ0) is 17.2. The summed E-state index contributed by atoms with van der Waals surface area (Å²) in [5.74, 6) is 0. The predicted octanol–water partition coefficient (Wildman–Crippen LogP) is 4.72. The third-order valence-electron chi connectivity index (χ3n) is 3.94. The van der Waals surface area contributed by atoms with Gasteiger partial charge in [-0.2, -0.15) is 0 Å². The molecule has 1 aromatic rings. The standard InChI is InChI=1S/C17H24BrClN2O2/c1-12(13-5-6-14(18)15(19)11-13)20-7-9-21(10-8-20)16(22)23-17(2,3)4/h5-6,11-12H,7-10H2,1-4H3. The molecule has 1 amide bonds. The Balaban J connectivity index is 1.93. The van der Waals surface area contributed by atoms with Crippen molar-refractivity contribution < 1.29 is 9.53 Å². The lowest BCUT2D eigenvalue weighted by atomic mass is 10.1. The van der Waals surface area contributed by atoms with Crippen molar-refractivity contribution in [1.82, 2.24) is 9.80 Å². The molecule has 128 valence electrons. The SMILES string of the molecule is CC(c1ccc(Br)c(Cl)c1)N1CCN(C(=O)OC(C)(C)C)CC1. The van der Waals surface area contributed by atoms with Crippen LogP contribution in [0.25, 0.3) is 0 Å². The number of piperazine rings is 1. The number of halogens is 2. The van der Waals surface area contributed by atoms with Crippen molar-refractivity contribution in [2.24, 2.45) is 0 Å². The molecule has 0 saturated carbocycles. The van der Waals surface area contributed by atoms with Crippen LogP contribution in [0.2, 0.25) is 5.02 Å². The normalized spacial score (nSPS) is 17.9. The Hall–Kier alpha value is -0.780. The van der Waals surface area contributed by atoms with E-state index in [1.54, 1.807) is 4.90 Å². The van der Waals surface area contributed by atoms with E-state index >= 15 is 0 Å². The van der Waals surface area contributed by atoms with Crippen molar-refractivity contribution in [3.63, 3.8) is 0 Å². The molecule has 1 fully saturated rings. The van der Waals surface area contributed by atoms with Gasteiger partial charge >= 0.3 is 6.09 Å². The second kappa shape index (κ2) is 7.41. The molecule has 1 aliphatic rings. The lowest BCUT2D eigenvalue weighted by Gasteiger charge is -2.38. The van der Waals surface area contributed by atoms with Gasteiger partial charge in [-0.1, -0.05) is 17.7 Å². The van der Waals surface area contributed by atoms with Crippen LogP contribution < -0.4 is 0 Å². The van der Waals surface area contributed by atoms with Crippen molar-refractivity contribution in [2.45, 2.75) is 39.3 Å². The van der Waals surface area contributed by atoms with Crippen LogP contribution in [0.3, 0.4) is 0 Å². The van der Waals surface area contributed by atoms with Gasteiger partial charge in [-0.3, -0.25) is 4.90 Å². The highest BCUT2D eigenvalue weighted by atomic mass is 79.9. The Kier molecular flexibility index (Phi) is 5.98. The molecule has 23 heavy (non-hydrogen) atoms. The second-order valence-electron chi connectivity index (χ2n) is 6.85. The van der Waals surface area contributed by atoms with Gasteiger partial charge in [0.15, 0.2) is 0 Å². The highest BCUT2D eigenvalue weighted by Crippen LogP contribution is 2.29. The van der Waals surface area contributed by atoms with Crippen molar-refractivity contribution in [1.29, 1.82) is 0 Å². The number of hydrogen-bond donors (Lipinski definition) is 0. The van der Waals surface area contributed by atoms with Crippen molar-refractivity contribution >= 4 is 33.6 Å². The quantitative estimate of drug-likeness (QED) is 0.716. The van der Waals surface area contributed by atoms with E-state index in [9.17, 15) is 4.79 Å². The monoisotopic (exact) mass is 402 g/mol. The van der Waals surface area contributed by atoms with E-state index < -0.39 is 5.60 Å². The van der Waals surface area contributed by atoms with Gasteiger partial charge in [-0.25, -0.2) is 4.79 Å². The maximum absolute atomic E-state index is 12.1. The van der Waals surface area contributed by atoms with E-state index in [4.69, 9.17) is 16.3 Å². The minimum atomic E-state index is -0.449. The minimum Gasteiger partial charge on any atom is -0.444 e. The number of carbonyl (C=O) groups excluding carboxylic acids is 1. The Morgan fingerprint density at radius 2 is 1.87 bits per heavy atom. The molecule has 1 unspecified atom stereocenters. The lowest BCUT2D eigenvalue weighted by Crippen LogP contribution is -2.50. The molecule has 0 aromatic heterocycles. The lowest BCUT2D eigenvalue weighted by molar-refractivity contribution is 0.0110.